The fourth-order valence-corrected chi connectivity index (χ4v) is 2.70. The van der Waals surface area contributed by atoms with E-state index in [-0.39, 0.29) is 0 Å². The van der Waals surface area contributed by atoms with E-state index < -0.39 is 0 Å². The van der Waals surface area contributed by atoms with Crippen LogP contribution in [0.1, 0.15) is 48.4 Å². The summed E-state index contributed by atoms with van der Waals surface area (Å²) in [6.45, 7) is 6.00. The van der Waals surface area contributed by atoms with E-state index in [0.717, 1.165) is 19.1 Å². The first-order valence-corrected chi connectivity index (χ1v) is 7.53. The van der Waals surface area contributed by atoms with Crippen LogP contribution in [-0.2, 0) is 4.74 Å². The van der Waals surface area contributed by atoms with Crippen molar-refractivity contribution in [3.63, 3.8) is 0 Å². The average molecular weight is 261 g/mol. The second-order valence-electron chi connectivity index (χ2n) is 5.86. The number of ether oxygens (including phenoxy) is 1. The van der Waals surface area contributed by atoms with Gasteiger partial charge in [-0.3, -0.25) is 0 Å². The quantitative estimate of drug-likeness (QED) is 0.754. The maximum Gasteiger partial charge on any atom is 0.0661 e. The third-order valence-corrected chi connectivity index (χ3v) is 4.34. The molecule has 19 heavy (non-hydrogen) atoms. The molecule has 0 spiro atoms. The molecule has 106 valence electrons. The van der Waals surface area contributed by atoms with Crippen molar-refractivity contribution >= 4 is 0 Å². The average Bonchev–Trinajstić information content (AvgIpc) is 2.35. The van der Waals surface area contributed by atoms with E-state index in [1.165, 1.54) is 42.4 Å². The Balaban J connectivity index is 1.82. The molecule has 0 amide bonds. The normalized spacial score (nSPS) is 17.2. The zero-order valence-corrected chi connectivity index (χ0v) is 12.5. The molecule has 0 aromatic heterocycles. The zero-order valence-electron chi connectivity index (χ0n) is 12.5. The fraction of sp³-hybridized carbons (Fsp3) is 0.647. The lowest BCUT2D eigenvalue weighted by Crippen LogP contribution is -2.23. The molecule has 1 aliphatic rings. The van der Waals surface area contributed by atoms with Crippen molar-refractivity contribution < 1.29 is 4.74 Å². The van der Waals surface area contributed by atoms with Crippen LogP contribution >= 0.6 is 0 Å². The van der Waals surface area contributed by atoms with Gasteiger partial charge in [0, 0.05) is 6.61 Å². The number of aryl methyl sites for hydroxylation is 2. The van der Waals surface area contributed by atoms with Crippen molar-refractivity contribution in [2.24, 2.45) is 5.92 Å². The first-order valence-electron chi connectivity index (χ1n) is 7.53. The summed E-state index contributed by atoms with van der Waals surface area (Å²) < 4.78 is 5.88. The molecule has 0 radical (unpaired) electrons. The van der Waals surface area contributed by atoms with Gasteiger partial charge in [-0.25, -0.2) is 0 Å². The third-order valence-electron chi connectivity index (χ3n) is 4.34. The van der Waals surface area contributed by atoms with Gasteiger partial charge >= 0.3 is 0 Å². The minimum atomic E-state index is 0.307. The van der Waals surface area contributed by atoms with Gasteiger partial charge in [-0.15, -0.1) is 0 Å². The predicted molar refractivity (Wildman–Crippen MR) is 80.5 cm³/mol. The van der Waals surface area contributed by atoms with Crippen molar-refractivity contribution in [3.8, 4) is 0 Å². The lowest BCUT2D eigenvalue weighted by atomic mass is 9.83. The summed E-state index contributed by atoms with van der Waals surface area (Å²) in [7, 11) is 2.02. The van der Waals surface area contributed by atoms with E-state index in [4.69, 9.17) is 4.74 Å². The third kappa shape index (κ3) is 4.05. The minimum Gasteiger partial charge on any atom is -0.379 e. The molecular formula is C17H27NO. The molecule has 1 unspecified atom stereocenters. The highest BCUT2D eigenvalue weighted by Crippen LogP contribution is 2.29. The molecule has 0 aliphatic heterocycles. The number of hydrogen-bond acceptors (Lipinski definition) is 2. The fourth-order valence-electron chi connectivity index (χ4n) is 2.70. The van der Waals surface area contributed by atoms with Crippen LogP contribution in [0.4, 0.5) is 0 Å². The van der Waals surface area contributed by atoms with Gasteiger partial charge in [0.2, 0.25) is 0 Å². The highest BCUT2D eigenvalue weighted by atomic mass is 16.5. The molecule has 1 aromatic rings. The van der Waals surface area contributed by atoms with Crippen LogP contribution in [0.2, 0.25) is 0 Å². The van der Waals surface area contributed by atoms with Gasteiger partial charge in [-0.05, 0) is 44.4 Å². The highest BCUT2D eigenvalue weighted by Gasteiger charge is 2.17. The number of rotatable bonds is 7. The summed E-state index contributed by atoms with van der Waals surface area (Å²) in [5, 5.41) is 3.38. The second kappa shape index (κ2) is 7.06. The highest BCUT2D eigenvalue weighted by molar-refractivity contribution is 5.33. The summed E-state index contributed by atoms with van der Waals surface area (Å²) in [6.07, 6.45) is 5.49. The van der Waals surface area contributed by atoms with Crippen LogP contribution in [0.15, 0.2) is 18.2 Å². The van der Waals surface area contributed by atoms with Crippen LogP contribution in [0.5, 0.6) is 0 Å². The van der Waals surface area contributed by atoms with Gasteiger partial charge in [-0.1, -0.05) is 43.0 Å². The Morgan fingerprint density at radius 1 is 1.32 bits per heavy atom. The second-order valence-corrected chi connectivity index (χ2v) is 5.86. The van der Waals surface area contributed by atoms with Crippen LogP contribution in [0.3, 0.4) is 0 Å². The van der Waals surface area contributed by atoms with Crippen molar-refractivity contribution in [3.05, 3.63) is 34.9 Å². The Morgan fingerprint density at radius 3 is 2.74 bits per heavy atom. The molecule has 0 saturated heterocycles. The van der Waals surface area contributed by atoms with E-state index >= 15 is 0 Å². The molecule has 1 aromatic carbocycles. The molecule has 2 heteroatoms. The molecule has 1 fully saturated rings. The first kappa shape index (κ1) is 14.5. The molecule has 2 rings (SSSR count). The largest absolute Gasteiger partial charge is 0.379 e. The summed E-state index contributed by atoms with van der Waals surface area (Å²) >= 11 is 0. The zero-order chi connectivity index (χ0) is 13.7. The molecule has 0 bridgehead atoms. The van der Waals surface area contributed by atoms with Crippen molar-refractivity contribution in [2.45, 2.75) is 45.6 Å². The van der Waals surface area contributed by atoms with Crippen molar-refractivity contribution in [1.29, 1.82) is 0 Å². The van der Waals surface area contributed by atoms with Crippen LogP contribution in [-0.4, -0.2) is 20.3 Å². The first-order chi connectivity index (χ1) is 9.20. The lowest BCUT2D eigenvalue weighted by molar-refractivity contribution is 0.0903. The molecule has 2 nitrogen and oxygen atoms in total. The van der Waals surface area contributed by atoms with Crippen molar-refractivity contribution in [1.82, 2.24) is 5.32 Å². The topological polar surface area (TPSA) is 21.3 Å². The van der Waals surface area contributed by atoms with Crippen LogP contribution in [0.25, 0.3) is 0 Å². The van der Waals surface area contributed by atoms with E-state index in [1.807, 2.05) is 7.05 Å². The van der Waals surface area contributed by atoms with Gasteiger partial charge in [0.25, 0.3) is 0 Å². The van der Waals surface area contributed by atoms with Gasteiger partial charge in [0.1, 0.15) is 0 Å². The number of benzene rings is 1. The monoisotopic (exact) mass is 261 g/mol. The van der Waals surface area contributed by atoms with Gasteiger partial charge in [0.05, 0.1) is 12.6 Å². The molecule has 1 N–H and O–H groups in total. The number of nitrogens with one attached hydrogen (secondary N) is 1. The van der Waals surface area contributed by atoms with E-state index in [2.05, 4.69) is 37.4 Å². The molecule has 1 aliphatic carbocycles. The Labute approximate surface area is 117 Å². The van der Waals surface area contributed by atoms with Crippen LogP contribution in [0, 0.1) is 19.8 Å². The maximum absolute atomic E-state index is 5.88. The standard InChI is InChI=1S/C17H27NO/c1-13-7-8-14(2)16(11-13)17(18-3)12-19-10-9-15-5-4-6-15/h7-8,11,15,17-18H,4-6,9-10,12H2,1-3H3. The Morgan fingerprint density at radius 2 is 2.11 bits per heavy atom. The summed E-state index contributed by atoms with van der Waals surface area (Å²) in [5.41, 5.74) is 4.02. The van der Waals surface area contributed by atoms with Crippen LogP contribution < -0.4 is 5.32 Å². The van der Waals surface area contributed by atoms with Gasteiger partial charge in [0.15, 0.2) is 0 Å². The van der Waals surface area contributed by atoms with Gasteiger partial charge in [-0.2, -0.15) is 0 Å². The summed E-state index contributed by atoms with van der Waals surface area (Å²) in [6, 6.07) is 6.94. The maximum atomic E-state index is 5.88. The summed E-state index contributed by atoms with van der Waals surface area (Å²) in [5.74, 6) is 0.939. The lowest BCUT2D eigenvalue weighted by Gasteiger charge is -2.25. The number of likely N-dealkylation sites (N-methyl/N-ethyl adjacent to an activating group) is 1. The predicted octanol–water partition coefficient (Wildman–Crippen LogP) is 3.77. The van der Waals surface area contributed by atoms with E-state index in [0.29, 0.717) is 6.04 Å². The van der Waals surface area contributed by atoms with E-state index in [1.54, 1.807) is 0 Å². The van der Waals surface area contributed by atoms with Gasteiger partial charge < -0.3 is 10.1 Å². The van der Waals surface area contributed by atoms with Crippen molar-refractivity contribution in [2.75, 3.05) is 20.3 Å². The Kier molecular flexibility index (Phi) is 5.41. The molecular weight excluding hydrogens is 234 g/mol. The molecule has 0 heterocycles. The number of hydrogen-bond donors (Lipinski definition) is 1. The van der Waals surface area contributed by atoms with E-state index in [9.17, 15) is 0 Å². The SMILES string of the molecule is CNC(COCCC1CCC1)c1cc(C)ccc1C. The summed E-state index contributed by atoms with van der Waals surface area (Å²) in [4.78, 5) is 0. The Hall–Kier alpha value is -0.860. The smallest absolute Gasteiger partial charge is 0.0661 e. The minimum absolute atomic E-state index is 0.307. The molecule has 1 atom stereocenters. The molecule has 1 saturated carbocycles. The Bertz CT molecular complexity index is 398.